The molecule has 2 heterocycles. The van der Waals surface area contributed by atoms with Crippen molar-refractivity contribution in [2.75, 3.05) is 24.6 Å². The van der Waals surface area contributed by atoms with E-state index in [0.29, 0.717) is 18.2 Å². The number of carbonyl (C=O) groups is 1. The molecule has 1 aromatic rings. The van der Waals surface area contributed by atoms with E-state index in [1.807, 2.05) is 36.1 Å². The van der Waals surface area contributed by atoms with Gasteiger partial charge >= 0.3 is 0 Å². The van der Waals surface area contributed by atoms with Gasteiger partial charge in [-0.15, -0.1) is 0 Å². The van der Waals surface area contributed by atoms with Gasteiger partial charge in [0.05, 0.1) is 17.9 Å². The summed E-state index contributed by atoms with van der Waals surface area (Å²) in [5, 5.41) is 3.47. The summed E-state index contributed by atoms with van der Waals surface area (Å²) in [6.07, 6.45) is 2.98. The molecule has 1 aromatic carbocycles. The van der Waals surface area contributed by atoms with Crippen LogP contribution in [0.5, 0.6) is 0 Å². The smallest absolute Gasteiger partial charge is 0.227 e. The van der Waals surface area contributed by atoms with E-state index in [1.54, 1.807) is 0 Å². The highest BCUT2D eigenvalue weighted by atomic mass is 32.2. The molecule has 0 radical (unpaired) electrons. The Kier molecular flexibility index (Phi) is 5.25. The first-order chi connectivity index (χ1) is 11.4. The zero-order chi connectivity index (χ0) is 17.2. The van der Waals surface area contributed by atoms with Crippen LogP contribution in [0.3, 0.4) is 0 Å². The molecule has 1 unspecified atom stereocenters. The van der Waals surface area contributed by atoms with Crippen LogP contribution in [0.4, 0.5) is 0 Å². The molecule has 6 heteroatoms. The summed E-state index contributed by atoms with van der Waals surface area (Å²) in [6, 6.07) is 8.43. The number of nitrogens with one attached hydrogen (secondary N) is 1. The fourth-order valence-corrected chi connectivity index (χ4v) is 5.32. The summed E-state index contributed by atoms with van der Waals surface area (Å²) in [5.41, 5.74) is 2.25. The van der Waals surface area contributed by atoms with Crippen molar-refractivity contribution in [3.63, 3.8) is 0 Å². The van der Waals surface area contributed by atoms with Crippen molar-refractivity contribution in [2.24, 2.45) is 0 Å². The molecular formula is C18H26N2O3S. The van der Waals surface area contributed by atoms with Gasteiger partial charge in [-0.25, -0.2) is 8.42 Å². The molecule has 5 nitrogen and oxygen atoms in total. The van der Waals surface area contributed by atoms with E-state index >= 15 is 0 Å². The van der Waals surface area contributed by atoms with Gasteiger partial charge in [-0.2, -0.15) is 0 Å². The summed E-state index contributed by atoms with van der Waals surface area (Å²) in [6.45, 7) is 3.54. The second-order valence-electron chi connectivity index (χ2n) is 7.02. The van der Waals surface area contributed by atoms with Crippen LogP contribution in [0, 0.1) is 6.92 Å². The Morgan fingerprint density at radius 1 is 1.17 bits per heavy atom. The van der Waals surface area contributed by atoms with Crippen molar-refractivity contribution >= 4 is 15.7 Å². The van der Waals surface area contributed by atoms with Gasteiger partial charge in [-0.1, -0.05) is 24.3 Å². The molecule has 1 amide bonds. The van der Waals surface area contributed by atoms with Crippen molar-refractivity contribution < 1.29 is 13.2 Å². The Labute approximate surface area is 144 Å². The number of hydrogen-bond acceptors (Lipinski definition) is 4. The van der Waals surface area contributed by atoms with Gasteiger partial charge in [-0.3, -0.25) is 4.79 Å². The van der Waals surface area contributed by atoms with E-state index in [4.69, 9.17) is 0 Å². The van der Waals surface area contributed by atoms with Crippen LogP contribution < -0.4 is 5.32 Å². The van der Waals surface area contributed by atoms with E-state index in [0.717, 1.165) is 43.5 Å². The van der Waals surface area contributed by atoms with Crippen LogP contribution in [-0.2, 0) is 21.1 Å². The Morgan fingerprint density at radius 2 is 1.88 bits per heavy atom. The first-order valence-electron chi connectivity index (χ1n) is 8.72. The molecule has 2 aliphatic rings. The average Bonchev–Trinajstić information content (AvgIpc) is 2.89. The summed E-state index contributed by atoms with van der Waals surface area (Å²) in [5.74, 6) is 0.754. The van der Waals surface area contributed by atoms with Crippen LogP contribution in [0.15, 0.2) is 24.3 Å². The highest BCUT2D eigenvalue weighted by molar-refractivity contribution is 7.91. The summed E-state index contributed by atoms with van der Waals surface area (Å²) < 4.78 is 23.1. The summed E-state index contributed by atoms with van der Waals surface area (Å²) in [4.78, 5) is 14.4. The number of likely N-dealkylation sites (tertiary alicyclic amines) is 1. The molecular weight excluding hydrogens is 324 g/mol. The first kappa shape index (κ1) is 17.4. The predicted octanol–water partition coefficient (Wildman–Crippen LogP) is 1.31. The van der Waals surface area contributed by atoms with Crippen LogP contribution in [0.1, 0.15) is 30.4 Å². The molecule has 0 bridgehead atoms. The quantitative estimate of drug-likeness (QED) is 0.889. The molecule has 132 valence electrons. The normalized spacial score (nSPS) is 24.2. The lowest BCUT2D eigenvalue weighted by atomic mass is 10.0. The third-order valence-corrected chi connectivity index (χ3v) is 6.92. The van der Waals surface area contributed by atoms with Crippen molar-refractivity contribution in [3.8, 4) is 0 Å². The van der Waals surface area contributed by atoms with Gasteiger partial charge in [0.2, 0.25) is 5.91 Å². The molecule has 0 aromatic heterocycles. The van der Waals surface area contributed by atoms with E-state index in [9.17, 15) is 13.2 Å². The number of nitrogens with zero attached hydrogens (tertiary/aromatic N) is 1. The number of aryl methyl sites for hydroxylation is 1. The monoisotopic (exact) mass is 350 g/mol. The number of benzene rings is 1. The highest BCUT2D eigenvalue weighted by Gasteiger charge is 2.31. The Morgan fingerprint density at radius 3 is 2.50 bits per heavy atom. The minimum atomic E-state index is -2.84. The van der Waals surface area contributed by atoms with Crippen molar-refractivity contribution in [3.05, 3.63) is 35.4 Å². The van der Waals surface area contributed by atoms with E-state index < -0.39 is 9.84 Å². The molecule has 3 rings (SSSR count). The van der Waals surface area contributed by atoms with Crippen LogP contribution in [0.2, 0.25) is 0 Å². The lowest BCUT2D eigenvalue weighted by Gasteiger charge is -2.34. The minimum Gasteiger partial charge on any atom is -0.342 e. The van der Waals surface area contributed by atoms with E-state index in [2.05, 4.69) is 5.32 Å². The zero-order valence-corrected chi connectivity index (χ0v) is 15.0. The number of amides is 1. The average molecular weight is 350 g/mol. The molecule has 1 N–H and O–H groups in total. The third kappa shape index (κ3) is 4.36. The maximum atomic E-state index is 12.5. The number of carbonyl (C=O) groups excluding carboxylic acids is 1. The second kappa shape index (κ2) is 7.23. The van der Waals surface area contributed by atoms with Crippen molar-refractivity contribution in [1.82, 2.24) is 10.2 Å². The van der Waals surface area contributed by atoms with Gasteiger partial charge in [0.25, 0.3) is 0 Å². The molecule has 2 fully saturated rings. The maximum absolute atomic E-state index is 12.5. The number of piperidine rings is 1. The topological polar surface area (TPSA) is 66.5 Å². The minimum absolute atomic E-state index is 0.0919. The van der Waals surface area contributed by atoms with E-state index in [1.165, 1.54) is 0 Å². The highest BCUT2D eigenvalue weighted by Crippen LogP contribution is 2.17. The Balaban J connectivity index is 1.46. The van der Waals surface area contributed by atoms with E-state index in [-0.39, 0.29) is 17.7 Å². The van der Waals surface area contributed by atoms with Gasteiger partial charge < -0.3 is 10.2 Å². The van der Waals surface area contributed by atoms with Crippen molar-refractivity contribution in [2.45, 2.75) is 44.7 Å². The molecule has 2 aliphatic heterocycles. The van der Waals surface area contributed by atoms with Gasteiger partial charge in [0.1, 0.15) is 0 Å². The lowest BCUT2D eigenvalue weighted by Crippen LogP contribution is -2.48. The number of hydrogen-bond donors (Lipinski definition) is 1. The van der Waals surface area contributed by atoms with Gasteiger partial charge in [0.15, 0.2) is 9.84 Å². The molecule has 0 spiro atoms. The van der Waals surface area contributed by atoms with Crippen molar-refractivity contribution in [1.29, 1.82) is 0 Å². The van der Waals surface area contributed by atoms with Crippen LogP contribution in [-0.4, -0.2) is 55.9 Å². The number of sulfone groups is 1. The molecule has 0 aliphatic carbocycles. The van der Waals surface area contributed by atoms with Crippen LogP contribution >= 0.6 is 0 Å². The Bertz CT molecular complexity index is 694. The number of rotatable bonds is 4. The molecule has 0 saturated carbocycles. The first-order valence-corrected chi connectivity index (χ1v) is 10.5. The molecule has 24 heavy (non-hydrogen) atoms. The fraction of sp³-hybridized carbons (Fsp3) is 0.611. The standard InChI is InChI=1S/C18H26N2O3S/c1-14-4-2-3-5-15(14)12-18(21)20-9-6-16(7-10-20)19-17-8-11-24(22,23)13-17/h2-5,16-17,19H,6-13H2,1H3. The SMILES string of the molecule is Cc1ccccc1CC(=O)N1CCC(NC2CCS(=O)(=O)C2)CC1. The predicted molar refractivity (Wildman–Crippen MR) is 94.7 cm³/mol. The second-order valence-corrected chi connectivity index (χ2v) is 9.25. The zero-order valence-electron chi connectivity index (χ0n) is 14.2. The van der Waals surface area contributed by atoms with Gasteiger partial charge in [0, 0.05) is 25.2 Å². The third-order valence-electron chi connectivity index (χ3n) is 5.15. The maximum Gasteiger partial charge on any atom is 0.227 e. The molecule has 2 saturated heterocycles. The summed E-state index contributed by atoms with van der Waals surface area (Å²) in [7, 11) is -2.84. The van der Waals surface area contributed by atoms with Crippen LogP contribution in [0.25, 0.3) is 0 Å². The lowest BCUT2D eigenvalue weighted by molar-refractivity contribution is -0.131. The summed E-state index contributed by atoms with van der Waals surface area (Å²) >= 11 is 0. The largest absolute Gasteiger partial charge is 0.342 e. The van der Waals surface area contributed by atoms with Gasteiger partial charge in [-0.05, 0) is 37.3 Å². The molecule has 1 atom stereocenters. The fourth-order valence-electron chi connectivity index (χ4n) is 3.64. The Hall–Kier alpha value is -1.40.